The van der Waals surface area contributed by atoms with E-state index in [1.165, 1.54) is 6.26 Å². The smallest absolute Gasteiger partial charge is 0.263 e. The summed E-state index contributed by atoms with van der Waals surface area (Å²) in [5.74, 6) is 0.968. The Hall–Kier alpha value is -1.07. The van der Waals surface area contributed by atoms with Crippen molar-refractivity contribution in [3.8, 4) is 11.7 Å². The monoisotopic (exact) mass is 271 g/mol. The van der Waals surface area contributed by atoms with Crippen molar-refractivity contribution in [1.29, 1.82) is 0 Å². The minimum Gasteiger partial charge on any atom is -0.444 e. The topological polar surface area (TPSA) is 59.4 Å². The summed E-state index contributed by atoms with van der Waals surface area (Å²) in [4.78, 5) is 4.22. The molecule has 2 aromatic rings. The van der Waals surface area contributed by atoms with Crippen LogP contribution in [0.2, 0.25) is 0 Å². The molecule has 0 aromatic carbocycles. The van der Waals surface area contributed by atoms with Crippen molar-refractivity contribution < 1.29 is 13.9 Å². The number of furan rings is 1. The maximum atomic E-state index is 8.96. The van der Waals surface area contributed by atoms with Gasteiger partial charge in [0.15, 0.2) is 10.4 Å². The summed E-state index contributed by atoms with van der Waals surface area (Å²) in [5, 5.41) is 8.96. The predicted octanol–water partition coefficient (Wildman–Crippen LogP) is 2.79. The molecule has 80 valence electrons. The molecular weight excluding hydrogens is 262 g/mol. The van der Waals surface area contributed by atoms with Crippen LogP contribution in [0, 0.1) is 0 Å². The minimum atomic E-state index is -0.0269. The zero-order chi connectivity index (χ0) is 10.8. The molecule has 0 radical (unpaired) electrons. The van der Waals surface area contributed by atoms with Crippen LogP contribution in [0.1, 0.15) is 18.5 Å². The highest BCUT2D eigenvalue weighted by molar-refractivity contribution is 9.10. The van der Waals surface area contributed by atoms with Gasteiger partial charge in [-0.2, -0.15) is 0 Å². The summed E-state index contributed by atoms with van der Waals surface area (Å²) in [6, 6.07) is 3.54. The molecule has 0 aliphatic rings. The van der Waals surface area contributed by atoms with Gasteiger partial charge in [-0.1, -0.05) is 6.92 Å². The molecule has 0 bridgehead atoms. The minimum absolute atomic E-state index is 0.0269. The van der Waals surface area contributed by atoms with Crippen LogP contribution in [-0.4, -0.2) is 16.7 Å². The normalized spacial score (nSPS) is 13.0. The van der Waals surface area contributed by atoms with Crippen molar-refractivity contribution in [2.24, 2.45) is 0 Å². The first-order valence-electron chi connectivity index (χ1n) is 4.52. The molecule has 0 aliphatic carbocycles. The van der Waals surface area contributed by atoms with Crippen molar-refractivity contribution in [2.75, 3.05) is 6.61 Å². The van der Waals surface area contributed by atoms with Crippen LogP contribution in [0.5, 0.6) is 0 Å². The van der Waals surface area contributed by atoms with Crippen LogP contribution in [0.15, 0.2) is 31.9 Å². The fourth-order valence-electron chi connectivity index (χ4n) is 1.15. The molecule has 1 unspecified atom stereocenters. The molecule has 15 heavy (non-hydrogen) atoms. The lowest BCUT2D eigenvalue weighted by Crippen LogP contribution is -1.98. The molecule has 4 nitrogen and oxygen atoms in total. The van der Waals surface area contributed by atoms with Gasteiger partial charge in [0.1, 0.15) is 6.26 Å². The van der Waals surface area contributed by atoms with E-state index in [4.69, 9.17) is 13.9 Å². The van der Waals surface area contributed by atoms with E-state index >= 15 is 0 Å². The standard InChI is InChI=1S/C10H10BrNO3/c1-6(4-13)7-5-14-10(12-7)8-2-3-9(11)15-8/h2-3,5-6,13H,4H2,1H3. The molecule has 0 saturated heterocycles. The van der Waals surface area contributed by atoms with Crippen LogP contribution >= 0.6 is 15.9 Å². The molecule has 2 aromatic heterocycles. The molecule has 2 heterocycles. The highest BCUT2D eigenvalue weighted by Gasteiger charge is 2.14. The lowest BCUT2D eigenvalue weighted by molar-refractivity contribution is 0.271. The second kappa shape index (κ2) is 4.20. The number of aliphatic hydroxyl groups is 1. The van der Waals surface area contributed by atoms with Crippen LogP contribution in [0.25, 0.3) is 11.7 Å². The van der Waals surface area contributed by atoms with E-state index in [1.54, 1.807) is 12.1 Å². The van der Waals surface area contributed by atoms with Crippen molar-refractivity contribution in [2.45, 2.75) is 12.8 Å². The maximum absolute atomic E-state index is 8.96. The Bertz CT molecular complexity index is 449. The largest absolute Gasteiger partial charge is 0.444 e. The third kappa shape index (κ3) is 2.13. The van der Waals surface area contributed by atoms with E-state index < -0.39 is 0 Å². The number of rotatable bonds is 3. The number of oxazole rings is 1. The van der Waals surface area contributed by atoms with E-state index in [-0.39, 0.29) is 12.5 Å². The van der Waals surface area contributed by atoms with E-state index in [1.807, 2.05) is 6.92 Å². The Morgan fingerprint density at radius 1 is 1.53 bits per heavy atom. The van der Waals surface area contributed by atoms with Gasteiger partial charge in [0.25, 0.3) is 5.89 Å². The van der Waals surface area contributed by atoms with E-state index in [0.29, 0.717) is 16.3 Å². The second-order valence-corrected chi connectivity index (χ2v) is 4.05. The number of aliphatic hydroxyl groups excluding tert-OH is 1. The fraction of sp³-hybridized carbons (Fsp3) is 0.300. The van der Waals surface area contributed by atoms with Gasteiger partial charge in [-0.25, -0.2) is 4.98 Å². The fourth-order valence-corrected chi connectivity index (χ4v) is 1.45. The third-order valence-corrected chi connectivity index (χ3v) is 2.51. The zero-order valence-corrected chi connectivity index (χ0v) is 9.69. The summed E-state index contributed by atoms with van der Waals surface area (Å²) in [7, 11) is 0. The Labute approximate surface area is 95.1 Å². The maximum Gasteiger partial charge on any atom is 0.263 e. The first kappa shape index (κ1) is 10.4. The Morgan fingerprint density at radius 2 is 2.33 bits per heavy atom. The summed E-state index contributed by atoms with van der Waals surface area (Å²) < 4.78 is 11.2. The average molecular weight is 272 g/mol. The van der Waals surface area contributed by atoms with Crippen molar-refractivity contribution in [1.82, 2.24) is 4.98 Å². The van der Waals surface area contributed by atoms with Crippen molar-refractivity contribution >= 4 is 15.9 Å². The molecule has 0 fully saturated rings. The quantitative estimate of drug-likeness (QED) is 0.933. The number of hydrogen-bond acceptors (Lipinski definition) is 4. The zero-order valence-electron chi connectivity index (χ0n) is 8.11. The molecule has 1 N–H and O–H groups in total. The Balaban J connectivity index is 2.27. The number of hydrogen-bond donors (Lipinski definition) is 1. The SMILES string of the molecule is CC(CO)c1coc(-c2ccc(Br)o2)n1. The predicted molar refractivity (Wildman–Crippen MR) is 57.4 cm³/mol. The first-order valence-corrected chi connectivity index (χ1v) is 5.32. The van der Waals surface area contributed by atoms with Gasteiger partial charge >= 0.3 is 0 Å². The first-order chi connectivity index (χ1) is 7.20. The lowest BCUT2D eigenvalue weighted by atomic mass is 10.1. The van der Waals surface area contributed by atoms with E-state index in [9.17, 15) is 0 Å². The molecule has 1 atom stereocenters. The van der Waals surface area contributed by atoms with E-state index in [2.05, 4.69) is 20.9 Å². The summed E-state index contributed by atoms with van der Waals surface area (Å²) in [6.07, 6.45) is 1.53. The summed E-state index contributed by atoms with van der Waals surface area (Å²) >= 11 is 3.20. The highest BCUT2D eigenvalue weighted by Crippen LogP contribution is 2.25. The van der Waals surface area contributed by atoms with Gasteiger partial charge in [-0.05, 0) is 28.1 Å². The molecule has 5 heteroatoms. The third-order valence-electron chi connectivity index (χ3n) is 2.08. The van der Waals surface area contributed by atoms with Crippen molar-refractivity contribution in [3.63, 3.8) is 0 Å². The molecular formula is C10H10BrNO3. The van der Waals surface area contributed by atoms with Gasteiger partial charge in [0.2, 0.25) is 0 Å². The van der Waals surface area contributed by atoms with Gasteiger partial charge in [0, 0.05) is 5.92 Å². The number of nitrogens with zero attached hydrogens (tertiary/aromatic N) is 1. The van der Waals surface area contributed by atoms with Crippen molar-refractivity contribution in [3.05, 3.63) is 28.8 Å². The van der Waals surface area contributed by atoms with Crippen LogP contribution in [0.3, 0.4) is 0 Å². The Morgan fingerprint density at radius 3 is 2.93 bits per heavy atom. The molecule has 0 aliphatic heterocycles. The molecule has 0 saturated carbocycles. The lowest BCUT2D eigenvalue weighted by Gasteiger charge is -1.99. The average Bonchev–Trinajstić information content (AvgIpc) is 2.84. The molecule has 0 amide bonds. The highest BCUT2D eigenvalue weighted by atomic mass is 79.9. The number of halogens is 1. The van der Waals surface area contributed by atoms with Crippen LogP contribution in [0.4, 0.5) is 0 Å². The van der Waals surface area contributed by atoms with Gasteiger partial charge < -0.3 is 13.9 Å². The van der Waals surface area contributed by atoms with Gasteiger partial charge in [0.05, 0.1) is 12.3 Å². The molecule has 0 spiro atoms. The Kier molecular flexibility index (Phi) is 2.93. The number of aromatic nitrogens is 1. The van der Waals surface area contributed by atoms with E-state index in [0.717, 1.165) is 5.69 Å². The van der Waals surface area contributed by atoms with Crippen LogP contribution in [-0.2, 0) is 0 Å². The van der Waals surface area contributed by atoms with Crippen LogP contribution < -0.4 is 0 Å². The summed E-state index contributed by atoms with van der Waals surface area (Å²) in [5.41, 5.74) is 0.722. The van der Waals surface area contributed by atoms with Gasteiger partial charge in [-0.15, -0.1) is 0 Å². The second-order valence-electron chi connectivity index (χ2n) is 3.26. The van der Waals surface area contributed by atoms with Gasteiger partial charge in [-0.3, -0.25) is 0 Å². The molecule has 2 rings (SSSR count). The summed E-state index contributed by atoms with van der Waals surface area (Å²) in [6.45, 7) is 1.92.